The molecule has 0 aliphatic carbocycles. The first-order valence-corrected chi connectivity index (χ1v) is 6.54. The van der Waals surface area contributed by atoms with E-state index >= 15 is 0 Å². The normalized spacial score (nSPS) is 21.0. The minimum Gasteiger partial charge on any atom is -0.282 e. The minimum absolute atomic E-state index is 0.298. The van der Waals surface area contributed by atoms with Crippen molar-refractivity contribution in [1.29, 1.82) is 0 Å². The minimum atomic E-state index is 0.298. The van der Waals surface area contributed by atoms with Crippen LogP contribution in [0.1, 0.15) is 33.1 Å². The maximum absolute atomic E-state index is 2.68. The quantitative estimate of drug-likeness (QED) is 0.593. The van der Waals surface area contributed by atoms with Gasteiger partial charge < -0.3 is 0 Å². The third-order valence-corrected chi connectivity index (χ3v) is 5.49. The number of hydrogen-bond acceptors (Lipinski definition) is 1. The molecule has 0 atom stereocenters. The summed E-state index contributed by atoms with van der Waals surface area (Å²) < 4.78 is 2.68. The van der Waals surface area contributed by atoms with Crippen molar-refractivity contribution in [2.45, 2.75) is 33.1 Å². The van der Waals surface area contributed by atoms with E-state index in [4.69, 9.17) is 0 Å². The Labute approximate surface area is 72.0 Å². The molecule has 0 aromatic rings. The number of hydrogen-bond donors (Lipinski definition) is 0. The predicted molar refractivity (Wildman–Crippen MR) is 53.4 cm³/mol. The van der Waals surface area contributed by atoms with Crippen molar-refractivity contribution < 1.29 is 0 Å². The van der Waals surface area contributed by atoms with Crippen molar-refractivity contribution in [3.05, 3.63) is 0 Å². The van der Waals surface area contributed by atoms with Gasteiger partial charge in [0.05, 0.1) is 0 Å². The van der Waals surface area contributed by atoms with E-state index in [1.54, 1.807) is 0 Å². The van der Waals surface area contributed by atoms with Gasteiger partial charge in [-0.15, -0.1) is 0 Å². The summed E-state index contributed by atoms with van der Waals surface area (Å²) in [7, 11) is 0.298. The van der Waals surface area contributed by atoms with Gasteiger partial charge >= 0.3 is 0 Å². The van der Waals surface area contributed by atoms with Crippen LogP contribution in [-0.4, -0.2) is 30.1 Å². The summed E-state index contributed by atoms with van der Waals surface area (Å²) >= 11 is 0. The fourth-order valence-corrected chi connectivity index (χ4v) is 4.55. The van der Waals surface area contributed by atoms with Crippen molar-refractivity contribution in [2.24, 2.45) is 0 Å². The van der Waals surface area contributed by atoms with E-state index in [1.165, 1.54) is 44.7 Å². The molecule has 0 aromatic carbocycles. The fraction of sp³-hybridized carbons (Fsp3) is 1.00. The molecule has 0 aromatic heterocycles. The number of nitrogens with zero attached hydrogens (tertiary/aromatic N) is 1. The zero-order valence-electron chi connectivity index (χ0n) is 7.84. The molecule has 2 heteroatoms. The van der Waals surface area contributed by atoms with Gasteiger partial charge in [-0.2, -0.15) is 0 Å². The standard InChI is InChI=1S/C9H20NP/c1-3-10(4-2)11-8-6-5-7-9-11/h3-9H2,1-2H3. The molecule has 66 valence electrons. The van der Waals surface area contributed by atoms with Crippen molar-refractivity contribution in [3.63, 3.8) is 0 Å². The Morgan fingerprint density at radius 2 is 1.55 bits per heavy atom. The average Bonchev–Trinajstić information content (AvgIpc) is 2.09. The fourth-order valence-electron chi connectivity index (χ4n) is 1.78. The van der Waals surface area contributed by atoms with Crippen LogP contribution < -0.4 is 0 Å². The Kier molecular flexibility index (Phi) is 4.40. The van der Waals surface area contributed by atoms with E-state index in [1.807, 2.05) is 0 Å². The molecular weight excluding hydrogens is 153 g/mol. The summed E-state index contributed by atoms with van der Waals surface area (Å²) in [4.78, 5) is 0. The molecule has 1 heterocycles. The third-order valence-electron chi connectivity index (χ3n) is 2.46. The van der Waals surface area contributed by atoms with Crippen LogP contribution in [0.15, 0.2) is 0 Å². The van der Waals surface area contributed by atoms with Gasteiger partial charge in [0, 0.05) is 0 Å². The molecule has 1 fully saturated rings. The molecule has 1 nitrogen and oxygen atoms in total. The monoisotopic (exact) mass is 173 g/mol. The summed E-state index contributed by atoms with van der Waals surface area (Å²) in [6.07, 6.45) is 7.48. The predicted octanol–water partition coefficient (Wildman–Crippen LogP) is 2.91. The highest BCUT2D eigenvalue weighted by Crippen LogP contribution is 2.44. The molecule has 1 saturated heterocycles. The summed E-state index contributed by atoms with van der Waals surface area (Å²) in [5.74, 6) is 0. The van der Waals surface area contributed by atoms with Crippen LogP contribution in [-0.2, 0) is 0 Å². The maximum Gasteiger partial charge on any atom is -0.000766 e. The van der Waals surface area contributed by atoms with Gasteiger partial charge in [-0.3, -0.25) is 4.67 Å². The van der Waals surface area contributed by atoms with Crippen LogP contribution in [0.4, 0.5) is 0 Å². The lowest BCUT2D eigenvalue weighted by Crippen LogP contribution is -2.21. The molecule has 11 heavy (non-hydrogen) atoms. The summed E-state index contributed by atoms with van der Waals surface area (Å²) in [5.41, 5.74) is 0. The first-order chi connectivity index (χ1) is 5.38. The van der Waals surface area contributed by atoms with Gasteiger partial charge in [0.2, 0.25) is 0 Å². The van der Waals surface area contributed by atoms with Crippen LogP contribution in [0.5, 0.6) is 0 Å². The summed E-state index contributed by atoms with van der Waals surface area (Å²) in [5, 5.41) is 0. The van der Waals surface area contributed by atoms with E-state index in [0.29, 0.717) is 8.07 Å². The molecule has 0 saturated carbocycles. The van der Waals surface area contributed by atoms with Gasteiger partial charge in [0.1, 0.15) is 0 Å². The van der Waals surface area contributed by atoms with Crippen LogP contribution >= 0.6 is 8.07 Å². The third kappa shape index (κ3) is 2.72. The SMILES string of the molecule is CCN(CC)P1CCCCC1. The second-order valence-electron chi connectivity index (χ2n) is 3.15. The van der Waals surface area contributed by atoms with E-state index in [0.717, 1.165) is 0 Å². The largest absolute Gasteiger partial charge is 0.282 e. The molecule has 0 bridgehead atoms. The summed E-state index contributed by atoms with van der Waals surface area (Å²) in [6.45, 7) is 7.12. The molecule has 0 unspecified atom stereocenters. The first kappa shape index (κ1) is 9.48. The van der Waals surface area contributed by atoms with E-state index < -0.39 is 0 Å². The van der Waals surface area contributed by atoms with E-state index in [-0.39, 0.29) is 0 Å². The van der Waals surface area contributed by atoms with Crippen molar-refractivity contribution in [2.75, 3.05) is 25.4 Å². The van der Waals surface area contributed by atoms with Gasteiger partial charge in [0.15, 0.2) is 0 Å². The zero-order chi connectivity index (χ0) is 8.10. The zero-order valence-corrected chi connectivity index (χ0v) is 8.74. The lowest BCUT2D eigenvalue weighted by molar-refractivity contribution is 0.497. The van der Waals surface area contributed by atoms with Crippen LogP contribution in [0, 0.1) is 0 Å². The maximum atomic E-state index is 2.68. The Hall–Kier alpha value is 0.390. The molecule has 1 aliphatic heterocycles. The Morgan fingerprint density at radius 1 is 1.00 bits per heavy atom. The second kappa shape index (κ2) is 5.11. The van der Waals surface area contributed by atoms with Crippen molar-refractivity contribution in [1.82, 2.24) is 4.67 Å². The summed E-state index contributed by atoms with van der Waals surface area (Å²) in [6, 6.07) is 0. The van der Waals surface area contributed by atoms with E-state index in [2.05, 4.69) is 18.5 Å². The highest BCUT2D eigenvalue weighted by molar-refractivity contribution is 7.55. The Balaban J connectivity index is 2.30. The molecule has 1 aliphatic rings. The molecule has 0 N–H and O–H groups in total. The molecule has 0 spiro atoms. The van der Waals surface area contributed by atoms with E-state index in [9.17, 15) is 0 Å². The Morgan fingerprint density at radius 3 is 2.00 bits per heavy atom. The van der Waals surface area contributed by atoms with Crippen LogP contribution in [0.2, 0.25) is 0 Å². The van der Waals surface area contributed by atoms with Gasteiger partial charge in [0.25, 0.3) is 0 Å². The topological polar surface area (TPSA) is 3.24 Å². The number of rotatable bonds is 3. The van der Waals surface area contributed by atoms with Crippen molar-refractivity contribution in [3.8, 4) is 0 Å². The lowest BCUT2D eigenvalue weighted by atomic mass is 10.3. The van der Waals surface area contributed by atoms with Crippen LogP contribution in [0.3, 0.4) is 0 Å². The smallest absolute Gasteiger partial charge is 0.000766 e. The van der Waals surface area contributed by atoms with Gasteiger partial charge in [-0.1, -0.05) is 20.3 Å². The first-order valence-electron chi connectivity index (χ1n) is 4.88. The van der Waals surface area contributed by atoms with Crippen molar-refractivity contribution >= 4 is 8.07 Å². The lowest BCUT2D eigenvalue weighted by Gasteiger charge is -2.32. The average molecular weight is 173 g/mol. The molecule has 0 radical (unpaired) electrons. The van der Waals surface area contributed by atoms with Gasteiger partial charge in [-0.05, 0) is 46.3 Å². The highest BCUT2D eigenvalue weighted by Gasteiger charge is 2.17. The Bertz CT molecular complexity index is 95.7. The molecular formula is C9H20NP. The highest BCUT2D eigenvalue weighted by atomic mass is 31.1. The second-order valence-corrected chi connectivity index (χ2v) is 5.63. The molecule has 1 rings (SSSR count). The molecule has 0 amide bonds. The van der Waals surface area contributed by atoms with Crippen LogP contribution in [0.25, 0.3) is 0 Å². The van der Waals surface area contributed by atoms with Gasteiger partial charge in [-0.25, -0.2) is 0 Å².